The van der Waals surface area contributed by atoms with Crippen molar-refractivity contribution in [2.24, 2.45) is 50.2 Å². The molecule has 0 aliphatic heterocycles. The number of fused-ring (bicyclic) bond motifs is 7. The third-order valence-corrected chi connectivity index (χ3v) is 14.5. The van der Waals surface area contributed by atoms with Crippen LogP contribution in [-0.2, 0) is 25.7 Å². The molecule has 44 heavy (non-hydrogen) atoms. The second kappa shape index (κ2) is 10.7. The quantitative estimate of drug-likeness (QED) is 0.249. The zero-order valence-corrected chi connectivity index (χ0v) is 28.9. The summed E-state index contributed by atoms with van der Waals surface area (Å²) in [6.07, 6.45) is 13.5. The van der Waals surface area contributed by atoms with Gasteiger partial charge in [0.25, 0.3) is 0 Å². The summed E-state index contributed by atoms with van der Waals surface area (Å²) in [6, 6.07) is 10.1. The van der Waals surface area contributed by atoms with Crippen LogP contribution in [0.1, 0.15) is 132 Å². The van der Waals surface area contributed by atoms with E-state index in [1.807, 2.05) is 37.3 Å². The van der Waals surface area contributed by atoms with E-state index in [9.17, 15) is 9.59 Å². The highest BCUT2D eigenvalue weighted by atomic mass is 16.5. The molecular weight excluding hydrogens is 544 g/mol. The van der Waals surface area contributed by atoms with Gasteiger partial charge in [0.2, 0.25) is 0 Å². The zero-order valence-electron chi connectivity index (χ0n) is 28.9. The molecule has 4 nitrogen and oxygen atoms in total. The Hall–Kier alpha value is -2.10. The Balaban J connectivity index is 1.35. The lowest BCUT2D eigenvalue weighted by Crippen LogP contribution is -2.65. The lowest BCUT2D eigenvalue weighted by molar-refractivity contribution is -0.208. The number of carbonyl (C=O) groups is 2. The molecule has 0 amide bonds. The van der Waals surface area contributed by atoms with Crippen molar-refractivity contribution in [1.29, 1.82) is 0 Å². The van der Waals surface area contributed by atoms with E-state index in [4.69, 9.17) is 9.47 Å². The molecule has 0 saturated heterocycles. The van der Waals surface area contributed by atoms with E-state index in [2.05, 4.69) is 54.5 Å². The Kier molecular flexibility index (Phi) is 7.77. The monoisotopic (exact) mass is 602 g/mol. The van der Waals surface area contributed by atoms with Crippen LogP contribution in [0.2, 0.25) is 0 Å². The lowest BCUT2D eigenvalue weighted by atomic mass is 9.33. The highest BCUT2D eigenvalue weighted by Crippen LogP contribution is 2.76. The second-order valence-corrected chi connectivity index (χ2v) is 17.8. The molecule has 8 atom stereocenters. The standard InChI is InChI=1S/C40H58O4/c1-9-33(41)44-28-23-36(4,5)31-17-18-39(8)32(37(31,6)24-28)16-15-29-30-25-35(2,3)19-21-40(30,22-20-38(29,39)7)34(42)43-26-27-13-11-10-12-14-27/h10-15,28,30-32H,9,16-26H2,1-8H3/t28-,30-,31-,32+,37-,38+,39+,40-/m0/s1. The first-order valence-electron chi connectivity index (χ1n) is 17.7. The van der Waals surface area contributed by atoms with E-state index in [0.29, 0.717) is 24.9 Å². The Morgan fingerprint density at radius 1 is 0.841 bits per heavy atom. The van der Waals surface area contributed by atoms with Gasteiger partial charge in [-0.05, 0) is 115 Å². The largest absolute Gasteiger partial charge is 0.462 e. The van der Waals surface area contributed by atoms with E-state index in [1.54, 1.807) is 5.57 Å². The van der Waals surface area contributed by atoms with Crippen molar-refractivity contribution in [1.82, 2.24) is 0 Å². The molecule has 4 saturated carbocycles. The summed E-state index contributed by atoms with van der Waals surface area (Å²) in [6.45, 7) is 19.6. The molecule has 4 fully saturated rings. The van der Waals surface area contributed by atoms with Crippen LogP contribution in [0.25, 0.3) is 0 Å². The van der Waals surface area contributed by atoms with Crippen molar-refractivity contribution in [3.63, 3.8) is 0 Å². The molecule has 5 aliphatic rings. The number of carbonyl (C=O) groups excluding carboxylic acids is 2. The molecule has 0 bridgehead atoms. The number of esters is 2. The maximum Gasteiger partial charge on any atom is 0.313 e. The summed E-state index contributed by atoms with van der Waals surface area (Å²) in [5.74, 6) is 1.35. The van der Waals surface area contributed by atoms with Crippen molar-refractivity contribution in [3.05, 3.63) is 47.5 Å². The number of rotatable bonds is 5. The van der Waals surface area contributed by atoms with E-state index >= 15 is 0 Å². The van der Waals surface area contributed by atoms with Crippen LogP contribution in [0, 0.1) is 50.2 Å². The van der Waals surface area contributed by atoms with Crippen molar-refractivity contribution in [3.8, 4) is 0 Å². The van der Waals surface area contributed by atoms with E-state index < -0.39 is 5.41 Å². The smallest absolute Gasteiger partial charge is 0.313 e. The van der Waals surface area contributed by atoms with E-state index in [1.165, 1.54) is 12.8 Å². The molecular formula is C40H58O4. The predicted molar refractivity (Wildman–Crippen MR) is 175 cm³/mol. The van der Waals surface area contributed by atoms with Crippen molar-refractivity contribution >= 4 is 11.9 Å². The Morgan fingerprint density at radius 3 is 2.25 bits per heavy atom. The average Bonchev–Trinajstić information content (AvgIpc) is 2.95. The van der Waals surface area contributed by atoms with Gasteiger partial charge in [-0.1, -0.05) is 97.4 Å². The first-order valence-corrected chi connectivity index (χ1v) is 17.7. The van der Waals surface area contributed by atoms with Crippen molar-refractivity contribution in [2.45, 2.75) is 139 Å². The topological polar surface area (TPSA) is 52.6 Å². The summed E-state index contributed by atoms with van der Waals surface area (Å²) >= 11 is 0. The van der Waals surface area contributed by atoms with Crippen molar-refractivity contribution in [2.75, 3.05) is 0 Å². The Labute approximate surface area is 267 Å². The van der Waals surface area contributed by atoms with Crippen LogP contribution in [-0.4, -0.2) is 18.0 Å². The molecule has 6 rings (SSSR count). The van der Waals surface area contributed by atoms with E-state index in [-0.39, 0.29) is 51.0 Å². The van der Waals surface area contributed by atoms with Gasteiger partial charge in [0, 0.05) is 6.42 Å². The summed E-state index contributed by atoms with van der Waals surface area (Å²) < 4.78 is 12.3. The SMILES string of the molecule is CCC(=O)O[C@H]1CC(C)(C)[C@@H]2CC[C@]3(C)[C@H](CC=C4[C@@H]5CC(C)(C)CC[C@]5(C(=O)OCc5ccccc5)CC[C@]43C)[C@@]2(C)C1. The lowest BCUT2D eigenvalue weighted by Gasteiger charge is -2.71. The first kappa shape index (κ1) is 31.9. The van der Waals surface area contributed by atoms with Gasteiger partial charge in [0.05, 0.1) is 5.41 Å². The molecule has 242 valence electrons. The van der Waals surface area contributed by atoms with Gasteiger partial charge in [0.15, 0.2) is 0 Å². The average molecular weight is 603 g/mol. The van der Waals surface area contributed by atoms with Gasteiger partial charge in [-0.25, -0.2) is 0 Å². The fourth-order valence-corrected chi connectivity index (χ4v) is 12.1. The van der Waals surface area contributed by atoms with Crippen molar-refractivity contribution < 1.29 is 19.1 Å². The van der Waals surface area contributed by atoms with Crippen LogP contribution in [0.3, 0.4) is 0 Å². The first-order chi connectivity index (χ1) is 20.6. The third kappa shape index (κ3) is 4.82. The van der Waals surface area contributed by atoms with Gasteiger partial charge < -0.3 is 9.47 Å². The highest BCUT2D eigenvalue weighted by molar-refractivity contribution is 5.79. The number of benzene rings is 1. The van der Waals surface area contributed by atoms with Crippen LogP contribution in [0.4, 0.5) is 0 Å². The minimum atomic E-state index is -0.424. The van der Waals surface area contributed by atoms with Gasteiger partial charge in [-0.2, -0.15) is 0 Å². The zero-order chi connectivity index (χ0) is 31.8. The fraction of sp³-hybridized carbons (Fsp3) is 0.750. The third-order valence-electron chi connectivity index (χ3n) is 14.5. The molecule has 1 aromatic rings. The van der Waals surface area contributed by atoms with Crippen LogP contribution in [0.15, 0.2) is 42.0 Å². The van der Waals surface area contributed by atoms with Gasteiger partial charge in [-0.15, -0.1) is 0 Å². The molecule has 5 aliphatic carbocycles. The summed E-state index contributed by atoms with van der Waals surface area (Å²) in [5.41, 5.74) is 2.83. The number of allylic oxidation sites excluding steroid dienone is 2. The maximum absolute atomic E-state index is 14.2. The number of hydrogen-bond donors (Lipinski definition) is 0. The van der Waals surface area contributed by atoms with E-state index in [0.717, 1.165) is 56.9 Å². The maximum atomic E-state index is 14.2. The Morgan fingerprint density at radius 2 is 1.55 bits per heavy atom. The van der Waals surface area contributed by atoms with Gasteiger partial charge in [-0.3, -0.25) is 9.59 Å². The molecule has 0 N–H and O–H groups in total. The van der Waals surface area contributed by atoms with Crippen LogP contribution >= 0.6 is 0 Å². The molecule has 0 unspecified atom stereocenters. The number of hydrogen-bond acceptors (Lipinski definition) is 4. The molecule has 0 aromatic heterocycles. The molecule has 0 spiro atoms. The summed E-state index contributed by atoms with van der Waals surface area (Å²) in [4.78, 5) is 26.7. The fourth-order valence-electron chi connectivity index (χ4n) is 12.1. The summed E-state index contributed by atoms with van der Waals surface area (Å²) in [5, 5.41) is 0. The molecule has 0 radical (unpaired) electrons. The van der Waals surface area contributed by atoms with Crippen LogP contribution < -0.4 is 0 Å². The molecule has 4 heteroatoms. The second-order valence-electron chi connectivity index (χ2n) is 17.8. The molecule has 0 heterocycles. The van der Waals surface area contributed by atoms with Gasteiger partial charge >= 0.3 is 11.9 Å². The normalized spacial score (nSPS) is 42.0. The Bertz CT molecular complexity index is 1310. The molecule has 1 aromatic carbocycles. The number of ether oxygens (including phenoxy) is 2. The minimum absolute atomic E-state index is 0.00299. The summed E-state index contributed by atoms with van der Waals surface area (Å²) in [7, 11) is 0. The van der Waals surface area contributed by atoms with Crippen LogP contribution in [0.5, 0.6) is 0 Å². The minimum Gasteiger partial charge on any atom is -0.462 e. The predicted octanol–water partition coefficient (Wildman–Crippen LogP) is 9.85. The highest BCUT2D eigenvalue weighted by Gasteiger charge is 2.69. The van der Waals surface area contributed by atoms with Gasteiger partial charge in [0.1, 0.15) is 12.7 Å².